The minimum Gasteiger partial charge on any atom is -0.472 e. The van der Waals surface area contributed by atoms with E-state index in [4.69, 9.17) is 4.42 Å². The molecule has 5 heteroatoms. The molecule has 1 aliphatic heterocycles. The molecule has 0 unspecified atom stereocenters. The van der Waals surface area contributed by atoms with Crippen LogP contribution < -0.4 is 5.32 Å². The summed E-state index contributed by atoms with van der Waals surface area (Å²) in [5.74, 6) is 0.506. The summed E-state index contributed by atoms with van der Waals surface area (Å²) < 4.78 is 4.90. The highest BCUT2D eigenvalue weighted by Gasteiger charge is 2.24. The molecular weight excluding hydrogens is 256 g/mol. The van der Waals surface area contributed by atoms with Crippen molar-refractivity contribution in [1.29, 1.82) is 0 Å². The van der Waals surface area contributed by atoms with E-state index in [-0.39, 0.29) is 17.9 Å². The van der Waals surface area contributed by atoms with Crippen molar-refractivity contribution in [2.45, 2.75) is 39.2 Å². The summed E-state index contributed by atoms with van der Waals surface area (Å²) in [7, 11) is 0. The van der Waals surface area contributed by atoms with Gasteiger partial charge in [-0.2, -0.15) is 0 Å². The normalized spacial score (nSPS) is 16.4. The smallest absolute Gasteiger partial charge is 0.254 e. The van der Waals surface area contributed by atoms with Crippen LogP contribution in [0.4, 0.5) is 0 Å². The van der Waals surface area contributed by atoms with Crippen molar-refractivity contribution >= 4 is 11.8 Å². The van der Waals surface area contributed by atoms with E-state index in [0.717, 1.165) is 25.9 Å². The first-order chi connectivity index (χ1) is 9.56. The van der Waals surface area contributed by atoms with Crippen LogP contribution in [0.15, 0.2) is 23.0 Å². The van der Waals surface area contributed by atoms with E-state index in [9.17, 15) is 9.59 Å². The number of nitrogens with one attached hydrogen (secondary N) is 1. The van der Waals surface area contributed by atoms with Gasteiger partial charge in [-0.05, 0) is 24.8 Å². The number of hydrogen-bond donors (Lipinski definition) is 1. The number of furan rings is 1. The minimum absolute atomic E-state index is 0.106. The monoisotopic (exact) mass is 278 g/mol. The van der Waals surface area contributed by atoms with E-state index in [1.807, 2.05) is 4.90 Å². The summed E-state index contributed by atoms with van der Waals surface area (Å²) in [5, 5.41) is 2.98. The Kier molecular flexibility index (Phi) is 4.82. The van der Waals surface area contributed by atoms with Crippen LogP contribution in [0.2, 0.25) is 0 Å². The molecular formula is C15H22N2O3. The highest BCUT2D eigenvalue weighted by molar-refractivity contribution is 5.93. The van der Waals surface area contributed by atoms with Crippen molar-refractivity contribution in [1.82, 2.24) is 10.2 Å². The summed E-state index contributed by atoms with van der Waals surface area (Å²) in [4.78, 5) is 25.7. The van der Waals surface area contributed by atoms with Crippen molar-refractivity contribution in [3.63, 3.8) is 0 Å². The minimum atomic E-state index is -0.106. The second kappa shape index (κ2) is 6.59. The molecule has 0 saturated carbocycles. The summed E-state index contributed by atoms with van der Waals surface area (Å²) >= 11 is 0. The molecule has 0 aliphatic carbocycles. The van der Waals surface area contributed by atoms with Crippen LogP contribution in [0.1, 0.15) is 43.5 Å². The van der Waals surface area contributed by atoms with Crippen molar-refractivity contribution in [2.75, 3.05) is 13.1 Å². The Labute approximate surface area is 119 Å². The molecule has 20 heavy (non-hydrogen) atoms. The maximum absolute atomic E-state index is 12.0. The van der Waals surface area contributed by atoms with Gasteiger partial charge in [-0.1, -0.05) is 13.8 Å². The molecule has 2 rings (SSSR count). The molecule has 2 heterocycles. The predicted molar refractivity (Wildman–Crippen MR) is 75.2 cm³/mol. The second-order valence-corrected chi connectivity index (χ2v) is 5.74. The lowest BCUT2D eigenvalue weighted by Crippen LogP contribution is -2.46. The zero-order valence-corrected chi connectivity index (χ0v) is 12.1. The Hall–Kier alpha value is -1.78. The molecule has 1 aromatic heterocycles. The molecule has 1 aliphatic rings. The summed E-state index contributed by atoms with van der Waals surface area (Å²) in [5.41, 5.74) is 0.545. The average Bonchev–Trinajstić information content (AvgIpc) is 2.92. The fraction of sp³-hybridized carbons (Fsp3) is 0.600. The molecule has 0 radical (unpaired) electrons. The van der Waals surface area contributed by atoms with E-state index >= 15 is 0 Å². The van der Waals surface area contributed by atoms with E-state index in [1.54, 1.807) is 6.07 Å². The van der Waals surface area contributed by atoms with E-state index < -0.39 is 0 Å². The lowest BCUT2D eigenvalue weighted by molar-refractivity contribution is -0.133. The third-order valence-electron chi connectivity index (χ3n) is 3.55. The fourth-order valence-corrected chi connectivity index (χ4v) is 2.41. The number of carbonyl (C=O) groups excluding carboxylic acids is 2. The number of rotatable bonds is 4. The number of nitrogens with zero attached hydrogens (tertiary/aromatic N) is 1. The Bertz CT molecular complexity index is 446. The Morgan fingerprint density at radius 3 is 2.65 bits per heavy atom. The van der Waals surface area contributed by atoms with Gasteiger partial charge in [0.25, 0.3) is 5.91 Å². The first-order valence-corrected chi connectivity index (χ1v) is 7.17. The van der Waals surface area contributed by atoms with Gasteiger partial charge in [0.15, 0.2) is 0 Å². The van der Waals surface area contributed by atoms with Crippen molar-refractivity contribution in [3.8, 4) is 0 Å². The molecule has 0 bridgehead atoms. The Morgan fingerprint density at radius 1 is 1.40 bits per heavy atom. The van der Waals surface area contributed by atoms with Gasteiger partial charge in [-0.25, -0.2) is 0 Å². The van der Waals surface area contributed by atoms with Crippen LogP contribution in [0.3, 0.4) is 0 Å². The average molecular weight is 278 g/mol. The quantitative estimate of drug-likeness (QED) is 0.916. The van der Waals surface area contributed by atoms with Gasteiger partial charge >= 0.3 is 0 Å². The van der Waals surface area contributed by atoms with E-state index in [2.05, 4.69) is 19.2 Å². The van der Waals surface area contributed by atoms with Crippen molar-refractivity contribution in [3.05, 3.63) is 24.2 Å². The van der Waals surface area contributed by atoms with E-state index in [1.165, 1.54) is 12.5 Å². The molecule has 5 nitrogen and oxygen atoms in total. The van der Waals surface area contributed by atoms with Gasteiger partial charge < -0.3 is 14.6 Å². The summed E-state index contributed by atoms with van der Waals surface area (Å²) in [6.45, 7) is 5.55. The van der Waals surface area contributed by atoms with Gasteiger partial charge in [-0.15, -0.1) is 0 Å². The maximum atomic E-state index is 12.0. The molecule has 0 aromatic carbocycles. The molecule has 2 amide bonds. The van der Waals surface area contributed by atoms with Crippen LogP contribution >= 0.6 is 0 Å². The third kappa shape index (κ3) is 3.85. The van der Waals surface area contributed by atoms with Crippen LogP contribution in [-0.2, 0) is 4.79 Å². The number of piperidine rings is 1. The molecule has 110 valence electrons. The lowest BCUT2D eigenvalue weighted by Gasteiger charge is -2.32. The predicted octanol–water partition coefficient (Wildman–Crippen LogP) is 2.05. The number of amides is 2. The van der Waals surface area contributed by atoms with Gasteiger partial charge in [0.2, 0.25) is 5.91 Å². The molecule has 1 saturated heterocycles. The van der Waals surface area contributed by atoms with Crippen molar-refractivity contribution in [2.24, 2.45) is 5.92 Å². The van der Waals surface area contributed by atoms with Crippen LogP contribution in [0, 0.1) is 5.92 Å². The van der Waals surface area contributed by atoms with Crippen LogP contribution in [-0.4, -0.2) is 35.8 Å². The molecule has 1 aromatic rings. The number of likely N-dealkylation sites (tertiary alicyclic amines) is 1. The van der Waals surface area contributed by atoms with Gasteiger partial charge in [0.1, 0.15) is 6.26 Å². The number of carbonyl (C=O) groups is 2. The number of hydrogen-bond acceptors (Lipinski definition) is 3. The van der Waals surface area contributed by atoms with Gasteiger partial charge in [0, 0.05) is 25.6 Å². The molecule has 1 fully saturated rings. The molecule has 1 N–H and O–H groups in total. The zero-order valence-electron chi connectivity index (χ0n) is 12.1. The first-order valence-electron chi connectivity index (χ1n) is 7.17. The maximum Gasteiger partial charge on any atom is 0.254 e. The van der Waals surface area contributed by atoms with Crippen LogP contribution in [0.5, 0.6) is 0 Å². The lowest BCUT2D eigenvalue weighted by atomic mass is 10.0. The zero-order chi connectivity index (χ0) is 14.5. The topological polar surface area (TPSA) is 62.6 Å². The van der Waals surface area contributed by atoms with Gasteiger partial charge in [0.05, 0.1) is 11.8 Å². The van der Waals surface area contributed by atoms with E-state index in [0.29, 0.717) is 17.9 Å². The first kappa shape index (κ1) is 14.6. The summed E-state index contributed by atoms with van der Waals surface area (Å²) in [6, 6.07) is 1.79. The highest BCUT2D eigenvalue weighted by atomic mass is 16.3. The highest BCUT2D eigenvalue weighted by Crippen LogP contribution is 2.14. The molecule has 0 spiro atoms. The largest absolute Gasteiger partial charge is 0.472 e. The SMILES string of the molecule is CC(C)CC(=O)N1CCC(NC(=O)c2ccoc2)CC1. The molecule has 0 atom stereocenters. The Morgan fingerprint density at radius 2 is 2.10 bits per heavy atom. The fourth-order valence-electron chi connectivity index (χ4n) is 2.41. The Balaban J connectivity index is 1.77. The van der Waals surface area contributed by atoms with Crippen molar-refractivity contribution < 1.29 is 14.0 Å². The summed E-state index contributed by atoms with van der Waals surface area (Å²) in [6.07, 6.45) is 5.16. The second-order valence-electron chi connectivity index (χ2n) is 5.74. The van der Waals surface area contributed by atoms with Crippen LogP contribution in [0.25, 0.3) is 0 Å². The third-order valence-corrected chi connectivity index (χ3v) is 3.55. The standard InChI is InChI=1S/C15H22N2O3/c1-11(2)9-14(18)17-6-3-13(4-7-17)16-15(19)12-5-8-20-10-12/h5,8,10-11,13H,3-4,6-7,9H2,1-2H3,(H,16,19). The van der Waals surface area contributed by atoms with Gasteiger partial charge in [-0.3, -0.25) is 9.59 Å².